The van der Waals surface area contributed by atoms with Gasteiger partial charge in [-0.3, -0.25) is 4.40 Å². The molecule has 1 fully saturated rings. The Morgan fingerprint density at radius 1 is 0.969 bits per heavy atom. The van der Waals surface area contributed by atoms with E-state index >= 15 is 0 Å². The Kier molecular flexibility index (Phi) is 4.40. The van der Waals surface area contributed by atoms with Crippen molar-refractivity contribution in [1.29, 1.82) is 0 Å². The van der Waals surface area contributed by atoms with Crippen molar-refractivity contribution in [3.8, 4) is 22.5 Å². The summed E-state index contributed by atoms with van der Waals surface area (Å²) in [5.41, 5.74) is 11.8. The van der Waals surface area contributed by atoms with Crippen molar-refractivity contribution < 1.29 is 5.11 Å². The number of aliphatic hydroxyl groups is 1. The van der Waals surface area contributed by atoms with Gasteiger partial charge in [0.1, 0.15) is 22.9 Å². The van der Waals surface area contributed by atoms with E-state index in [-0.39, 0.29) is 6.10 Å². The van der Waals surface area contributed by atoms with Gasteiger partial charge in [0, 0.05) is 35.3 Å². The fourth-order valence-corrected chi connectivity index (χ4v) is 4.63. The number of imidazole rings is 1. The number of nitrogens with two attached hydrogens (primary N) is 1. The zero-order chi connectivity index (χ0) is 21.7. The molecule has 158 valence electrons. The highest BCUT2D eigenvalue weighted by atomic mass is 16.3. The molecule has 0 radical (unpaired) electrons. The van der Waals surface area contributed by atoms with Crippen LogP contribution in [-0.4, -0.2) is 30.6 Å². The largest absolute Gasteiger partial charge is 0.393 e. The lowest BCUT2D eigenvalue weighted by molar-refractivity contribution is 0.0423. The van der Waals surface area contributed by atoms with Crippen LogP contribution in [0.4, 0.5) is 5.82 Å². The molecule has 0 aliphatic heterocycles. The van der Waals surface area contributed by atoms with Crippen LogP contribution in [0.15, 0.2) is 73.1 Å². The van der Waals surface area contributed by atoms with Gasteiger partial charge in [0.05, 0.1) is 17.3 Å². The first-order chi connectivity index (χ1) is 15.7. The first kappa shape index (κ1) is 19.0. The zero-order valence-corrected chi connectivity index (χ0v) is 17.5. The predicted octanol–water partition coefficient (Wildman–Crippen LogP) is 4.51. The van der Waals surface area contributed by atoms with Crippen LogP contribution in [0.25, 0.3) is 38.9 Å². The minimum absolute atomic E-state index is 0.178. The number of nitrogen functional groups attached to an aromatic ring is 1. The minimum Gasteiger partial charge on any atom is -0.393 e. The topological polar surface area (TPSA) is 89.3 Å². The van der Waals surface area contributed by atoms with Gasteiger partial charge in [-0.2, -0.15) is 0 Å². The Morgan fingerprint density at radius 3 is 2.59 bits per heavy atom. The highest BCUT2D eigenvalue weighted by molar-refractivity contribution is 5.91. The number of benzene rings is 2. The fraction of sp³-hybridized carbons (Fsp3) is 0.192. The van der Waals surface area contributed by atoms with E-state index < -0.39 is 0 Å². The maximum atomic E-state index is 9.68. The van der Waals surface area contributed by atoms with Crippen LogP contribution < -0.4 is 5.73 Å². The van der Waals surface area contributed by atoms with Gasteiger partial charge in [0.25, 0.3) is 0 Å². The Morgan fingerprint density at radius 2 is 1.78 bits per heavy atom. The van der Waals surface area contributed by atoms with Gasteiger partial charge in [0.15, 0.2) is 0 Å². The molecule has 1 aliphatic rings. The van der Waals surface area contributed by atoms with E-state index in [1.807, 2.05) is 28.8 Å². The van der Waals surface area contributed by atoms with Gasteiger partial charge < -0.3 is 10.8 Å². The molecule has 1 saturated carbocycles. The normalized spacial score (nSPS) is 18.2. The summed E-state index contributed by atoms with van der Waals surface area (Å²) in [7, 11) is 0. The second-order valence-corrected chi connectivity index (χ2v) is 8.57. The van der Waals surface area contributed by atoms with Gasteiger partial charge in [-0.1, -0.05) is 48.5 Å². The van der Waals surface area contributed by atoms with Crippen molar-refractivity contribution in [2.75, 3.05) is 5.73 Å². The third kappa shape index (κ3) is 3.20. The number of nitrogens with zero attached hydrogens (tertiary/aromatic N) is 4. The van der Waals surface area contributed by atoms with E-state index in [1.165, 1.54) is 0 Å². The maximum Gasteiger partial charge on any atom is 0.150 e. The molecular weight excluding hydrogens is 398 g/mol. The fourth-order valence-electron chi connectivity index (χ4n) is 4.63. The second-order valence-electron chi connectivity index (χ2n) is 8.57. The molecular formula is C26H23N5O. The molecule has 3 heterocycles. The van der Waals surface area contributed by atoms with Crippen LogP contribution in [0.2, 0.25) is 0 Å². The van der Waals surface area contributed by atoms with Crippen LogP contribution in [-0.2, 0) is 6.42 Å². The molecule has 1 aliphatic carbocycles. The van der Waals surface area contributed by atoms with Crippen molar-refractivity contribution in [2.24, 2.45) is 5.92 Å². The third-order valence-corrected chi connectivity index (χ3v) is 6.37. The third-order valence-electron chi connectivity index (χ3n) is 6.37. The molecule has 6 heteroatoms. The molecule has 6 rings (SSSR count). The molecule has 32 heavy (non-hydrogen) atoms. The molecule has 0 atom stereocenters. The van der Waals surface area contributed by atoms with E-state index in [2.05, 4.69) is 47.4 Å². The first-order valence-electron chi connectivity index (χ1n) is 10.9. The van der Waals surface area contributed by atoms with Crippen molar-refractivity contribution in [2.45, 2.75) is 25.4 Å². The summed E-state index contributed by atoms with van der Waals surface area (Å²) >= 11 is 0. The lowest BCUT2D eigenvalue weighted by Gasteiger charge is -2.30. The summed E-state index contributed by atoms with van der Waals surface area (Å²) in [4.78, 5) is 14.2. The number of anilines is 1. The Balaban J connectivity index is 1.47. The van der Waals surface area contributed by atoms with E-state index in [1.54, 1.807) is 6.20 Å². The van der Waals surface area contributed by atoms with Crippen LogP contribution in [0, 0.1) is 5.92 Å². The monoisotopic (exact) mass is 421 g/mol. The lowest BCUT2D eigenvalue weighted by Crippen LogP contribution is -2.30. The Bertz CT molecular complexity index is 1440. The van der Waals surface area contributed by atoms with Crippen LogP contribution in [0.3, 0.4) is 0 Å². The zero-order valence-electron chi connectivity index (χ0n) is 17.5. The van der Waals surface area contributed by atoms with Gasteiger partial charge >= 0.3 is 0 Å². The highest BCUT2D eigenvalue weighted by Crippen LogP contribution is 2.34. The summed E-state index contributed by atoms with van der Waals surface area (Å²) in [5, 5.41) is 10.8. The predicted molar refractivity (Wildman–Crippen MR) is 126 cm³/mol. The molecule has 0 amide bonds. The van der Waals surface area contributed by atoms with Crippen molar-refractivity contribution >= 4 is 22.2 Å². The van der Waals surface area contributed by atoms with Gasteiger partial charge in [-0.25, -0.2) is 15.0 Å². The maximum absolute atomic E-state index is 9.68. The molecule has 5 aromatic rings. The lowest BCUT2D eigenvalue weighted by atomic mass is 9.80. The number of hydrogen-bond donors (Lipinski definition) is 2. The minimum atomic E-state index is -0.178. The summed E-state index contributed by atoms with van der Waals surface area (Å²) in [6, 6.07) is 20.6. The molecule has 3 N–H and O–H groups in total. The smallest absolute Gasteiger partial charge is 0.150 e. The first-order valence-corrected chi connectivity index (χ1v) is 10.9. The van der Waals surface area contributed by atoms with E-state index in [9.17, 15) is 5.11 Å². The summed E-state index contributed by atoms with van der Waals surface area (Å²) in [5.74, 6) is 1.86. The van der Waals surface area contributed by atoms with E-state index in [4.69, 9.17) is 15.7 Å². The van der Waals surface area contributed by atoms with E-state index in [0.717, 1.165) is 64.0 Å². The number of fused-ring (bicyclic) bond motifs is 2. The average Bonchev–Trinajstić information content (AvgIpc) is 3.18. The number of aliphatic hydroxyl groups excluding tert-OH is 1. The van der Waals surface area contributed by atoms with Crippen LogP contribution in [0.1, 0.15) is 18.7 Å². The van der Waals surface area contributed by atoms with Crippen LogP contribution >= 0.6 is 0 Å². The average molecular weight is 422 g/mol. The number of pyridine rings is 1. The van der Waals surface area contributed by atoms with Crippen LogP contribution in [0.5, 0.6) is 0 Å². The van der Waals surface area contributed by atoms with Gasteiger partial charge in [-0.15, -0.1) is 0 Å². The molecule has 0 saturated heterocycles. The number of aromatic nitrogens is 4. The summed E-state index contributed by atoms with van der Waals surface area (Å²) < 4.78 is 2.04. The standard InChI is InChI=1S/C26H23N5O/c27-26-25-24(30-23(31(25)11-10-28-26)14-16-12-20(32)13-16)19-7-6-18-8-9-21(29-22(18)15-19)17-4-2-1-3-5-17/h1-11,15-16,20,32H,12-14H2,(H2,27,28)/t16-,20+. The van der Waals surface area contributed by atoms with Crippen molar-refractivity contribution in [3.63, 3.8) is 0 Å². The summed E-state index contributed by atoms with van der Waals surface area (Å²) in [6.07, 6.45) is 5.91. The molecule has 0 spiro atoms. The molecule has 6 nitrogen and oxygen atoms in total. The molecule has 3 aromatic heterocycles. The van der Waals surface area contributed by atoms with Gasteiger partial charge in [-0.05, 0) is 30.9 Å². The summed E-state index contributed by atoms with van der Waals surface area (Å²) in [6.45, 7) is 0. The number of hydrogen-bond acceptors (Lipinski definition) is 5. The second kappa shape index (κ2) is 7.43. The molecule has 0 bridgehead atoms. The number of rotatable bonds is 4. The molecule has 2 aromatic carbocycles. The highest BCUT2D eigenvalue weighted by Gasteiger charge is 2.29. The quantitative estimate of drug-likeness (QED) is 0.446. The van der Waals surface area contributed by atoms with Crippen molar-refractivity contribution in [3.05, 3.63) is 78.9 Å². The van der Waals surface area contributed by atoms with Crippen molar-refractivity contribution in [1.82, 2.24) is 19.4 Å². The Labute approximate surface area is 185 Å². The van der Waals surface area contributed by atoms with E-state index in [0.29, 0.717) is 11.7 Å². The SMILES string of the molecule is Nc1nccn2c(C[C@H]3C[C@@H](O)C3)nc(-c3ccc4ccc(-c5ccccc5)nc4c3)c12. The van der Waals surface area contributed by atoms with Gasteiger partial charge in [0.2, 0.25) is 0 Å². The Hall–Kier alpha value is -3.77. The molecule has 0 unspecified atom stereocenters.